The highest BCUT2D eigenvalue weighted by Gasteiger charge is 2.10. The predicted molar refractivity (Wildman–Crippen MR) is 87.5 cm³/mol. The van der Waals surface area contributed by atoms with E-state index in [1.807, 2.05) is 12.1 Å². The highest BCUT2D eigenvalue weighted by atomic mass is 16.1. The van der Waals surface area contributed by atoms with E-state index in [2.05, 4.69) is 26.0 Å². The predicted octanol–water partition coefficient (Wildman–Crippen LogP) is 6.13. The van der Waals surface area contributed by atoms with E-state index in [4.69, 9.17) is 0 Å². The van der Waals surface area contributed by atoms with E-state index < -0.39 is 0 Å². The summed E-state index contributed by atoms with van der Waals surface area (Å²) >= 11 is 0. The van der Waals surface area contributed by atoms with Crippen LogP contribution in [0.4, 0.5) is 0 Å². The quantitative estimate of drug-likeness (QED) is 0.350. The van der Waals surface area contributed by atoms with Crippen LogP contribution in [-0.4, -0.2) is 6.29 Å². The highest BCUT2D eigenvalue weighted by molar-refractivity contribution is 5.74. The third-order valence-electron chi connectivity index (χ3n) is 4.09. The normalized spacial score (nSPS) is 12.3. The van der Waals surface area contributed by atoms with Crippen molar-refractivity contribution in [2.24, 2.45) is 0 Å². The number of rotatable bonds is 11. The van der Waals surface area contributed by atoms with Crippen molar-refractivity contribution < 1.29 is 4.79 Å². The van der Waals surface area contributed by atoms with E-state index in [9.17, 15) is 4.79 Å². The fraction of sp³-hybridized carbons (Fsp3) is 0.632. The van der Waals surface area contributed by atoms with Crippen LogP contribution in [-0.2, 0) is 0 Å². The van der Waals surface area contributed by atoms with Crippen LogP contribution in [0.5, 0.6) is 0 Å². The molecular weight excluding hydrogens is 244 g/mol. The number of hydrogen-bond donors (Lipinski definition) is 0. The summed E-state index contributed by atoms with van der Waals surface area (Å²) in [6, 6.07) is 8.18. The number of benzene rings is 1. The van der Waals surface area contributed by atoms with Crippen molar-refractivity contribution in [3.63, 3.8) is 0 Å². The van der Waals surface area contributed by atoms with Crippen LogP contribution >= 0.6 is 0 Å². The molecule has 1 atom stereocenters. The summed E-state index contributed by atoms with van der Waals surface area (Å²) in [5.41, 5.74) is 2.19. The van der Waals surface area contributed by atoms with Gasteiger partial charge in [-0.3, -0.25) is 4.79 Å². The Kier molecular flexibility index (Phi) is 9.02. The second-order valence-electron chi connectivity index (χ2n) is 5.83. The van der Waals surface area contributed by atoms with Crippen molar-refractivity contribution in [2.45, 2.75) is 77.6 Å². The van der Waals surface area contributed by atoms with Crippen LogP contribution in [0.1, 0.15) is 93.5 Å². The number of carbonyl (C=O) groups excluding carboxylic acids is 1. The van der Waals surface area contributed by atoms with Crippen LogP contribution in [0.3, 0.4) is 0 Å². The lowest BCUT2D eigenvalue weighted by molar-refractivity contribution is 0.112. The molecule has 0 aliphatic heterocycles. The molecule has 0 amide bonds. The first kappa shape index (κ1) is 16.9. The lowest BCUT2D eigenvalue weighted by Crippen LogP contribution is -1.99. The van der Waals surface area contributed by atoms with Gasteiger partial charge in [0, 0.05) is 5.56 Å². The average molecular weight is 274 g/mol. The monoisotopic (exact) mass is 274 g/mol. The number of hydrogen-bond acceptors (Lipinski definition) is 1. The topological polar surface area (TPSA) is 17.1 Å². The molecule has 0 fully saturated rings. The summed E-state index contributed by atoms with van der Waals surface area (Å²) in [6.07, 6.45) is 12.9. The van der Waals surface area contributed by atoms with Gasteiger partial charge in [0.2, 0.25) is 0 Å². The maximum absolute atomic E-state index is 10.7. The van der Waals surface area contributed by atoms with E-state index in [-0.39, 0.29) is 0 Å². The molecule has 0 heterocycles. The Hall–Kier alpha value is -1.11. The van der Waals surface area contributed by atoms with Crippen LogP contribution in [0.25, 0.3) is 0 Å². The molecule has 0 saturated carbocycles. The maximum Gasteiger partial charge on any atom is 0.150 e. The summed E-state index contributed by atoms with van der Waals surface area (Å²) in [5, 5.41) is 0. The minimum absolute atomic E-state index is 0.673. The van der Waals surface area contributed by atoms with Gasteiger partial charge in [0.15, 0.2) is 0 Å². The molecule has 112 valence electrons. The molecule has 0 N–H and O–H groups in total. The zero-order valence-corrected chi connectivity index (χ0v) is 13.2. The first-order chi connectivity index (χ1) is 9.81. The Morgan fingerprint density at radius 1 is 0.850 bits per heavy atom. The Morgan fingerprint density at radius 3 is 2.10 bits per heavy atom. The molecule has 0 radical (unpaired) electrons. The van der Waals surface area contributed by atoms with Crippen molar-refractivity contribution in [1.29, 1.82) is 0 Å². The third-order valence-corrected chi connectivity index (χ3v) is 4.09. The van der Waals surface area contributed by atoms with Crippen molar-refractivity contribution in [2.75, 3.05) is 0 Å². The Morgan fingerprint density at radius 2 is 1.50 bits per heavy atom. The van der Waals surface area contributed by atoms with Gasteiger partial charge in [0.05, 0.1) is 0 Å². The molecule has 0 aliphatic rings. The second-order valence-corrected chi connectivity index (χ2v) is 5.83. The number of unbranched alkanes of at least 4 members (excludes halogenated alkanes) is 5. The smallest absolute Gasteiger partial charge is 0.150 e. The van der Waals surface area contributed by atoms with Gasteiger partial charge in [-0.25, -0.2) is 0 Å². The van der Waals surface area contributed by atoms with E-state index in [1.54, 1.807) is 0 Å². The van der Waals surface area contributed by atoms with Gasteiger partial charge in [-0.05, 0) is 24.3 Å². The molecule has 1 nitrogen and oxygen atoms in total. The van der Waals surface area contributed by atoms with Crippen LogP contribution in [0.15, 0.2) is 24.3 Å². The van der Waals surface area contributed by atoms with Gasteiger partial charge in [0.1, 0.15) is 6.29 Å². The van der Waals surface area contributed by atoms with Crippen LogP contribution in [0, 0.1) is 0 Å². The fourth-order valence-corrected chi connectivity index (χ4v) is 2.84. The Labute approximate surface area is 124 Å². The molecule has 0 bridgehead atoms. The average Bonchev–Trinajstić information content (AvgIpc) is 2.50. The zero-order valence-electron chi connectivity index (χ0n) is 13.2. The van der Waals surface area contributed by atoms with Crippen molar-refractivity contribution >= 4 is 6.29 Å². The van der Waals surface area contributed by atoms with Gasteiger partial charge in [-0.15, -0.1) is 0 Å². The van der Waals surface area contributed by atoms with Crippen molar-refractivity contribution in [1.82, 2.24) is 0 Å². The summed E-state index contributed by atoms with van der Waals surface area (Å²) in [7, 11) is 0. The zero-order chi connectivity index (χ0) is 14.6. The van der Waals surface area contributed by atoms with Gasteiger partial charge >= 0.3 is 0 Å². The molecule has 20 heavy (non-hydrogen) atoms. The summed E-state index contributed by atoms with van der Waals surface area (Å²) in [6.45, 7) is 4.52. The standard InChI is InChI=1S/C19H30O/c1-3-5-6-7-8-9-11-18(10-4-2)19-14-12-17(16-20)13-15-19/h12-16,18H,3-11H2,1-2H3. The SMILES string of the molecule is CCCCCCCCC(CCC)c1ccc(C=O)cc1. The summed E-state index contributed by atoms with van der Waals surface area (Å²) in [4.78, 5) is 10.7. The highest BCUT2D eigenvalue weighted by Crippen LogP contribution is 2.27. The molecule has 1 unspecified atom stereocenters. The Balaban J connectivity index is 2.40. The van der Waals surface area contributed by atoms with Crippen LogP contribution < -0.4 is 0 Å². The third kappa shape index (κ3) is 6.36. The molecule has 1 aromatic carbocycles. The molecule has 1 aromatic rings. The van der Waals surface area contributed by atoms with Crippen molar-refractivity contribution in [3.8, 4) is 0 Å². The number of aldehydes is 1. The molecule has 0 aromatic heterocycles. The molecule has 0 spiro atoms. The Bertz CT molecular complexity index is 353. The lowest BCUT2D eigenvalue weighted by Gasteiger charge is -2.16. The molecule has 0 saturated heterocycles. The van der Waals surface area contributed by atoms with Gasteiger partial charge in [-0.2, -0.15) is 0 Å². The fourth-order valence-electron chi connectivity index (χ4n) is 2.84. The second kappa shape index (κ2) is 10.7. The first-order valence-corrected chi connectivity index (χ1v) is 8.37. The summed E-state index contributed by atoms with van der Waals surface area (Å²) < 4.78 is 0. The minimum Gasteiger partial charge on any atom is -0.298 e. The molecule has 0 aliphatic carbocycles. The van der Waals surface area contributed by atoms with E-state index in [0.717, 1.165) is 11.8 Å². The minimum atomic E-state index is 0.673. The summed E-state index contributed by atoms with van der Waals surface area (Å²) in [5.74, 6) is 0.673. The van der Waals surface area contributed by atoms with Gasteiger partial charge < -0.3 is 0 Å². The van der Waals surface area contributed by atoms with E-state index >= 15 is 0 Å². The molecular formula is C19H30O. The van der Waals surface area contributed by atoms with Crippen LogP contribution in [0.2, 0.25) is 0 Å². The van der Waals surface area contributed by atoms with E-state index in [0.29, 0.717) is 5.92 Å². The maximum atomic E-state index is 10.7. The number of carbonyl (C=O) groups is 1. The first-order valence-electron chi connectivity index (χ1n) is 8.37. The van der Waals surface area contributed by atoms with Gasteiger partial charge in [-0.1, -0.05) is 83.1 Å². The molecule has 1 rings (SSSR count). The van der Waals surface area contributed by atoms with E-state index in [1.165, 1.54) is 63.4 Å². The lowest BCUT2D eigenvalue weighted by atomic mass is 9.89. The van der Waals surface area contributed by atoms with Gasteiger partial charge in [0.25, 0.3) is 0 Å². The molecule has 1 heteroatoms. The van der Waals surface area contributed by atoms with Crippen molar-refractivity contribution in [3.05, 3.63) is 35.4 Å². The largest absolute Gasteiger partial charge is 0.298 e.